The van der Waals surface area contributed by atoms with Gasteiger partial charge in [-0.3, -0.25) is 4.98 Å². The molecule has 0 amide bonds. The van der Waals surface area contributed by atoms with Crippen LogP contribution < -0.4 is 5.32 Å². The molecular weight excluding hydrogens is 348 g/mol. The van der Waals surface area contributed by atoms with E-state index >= 15 is 0 Å². The van der Waals surface area contributed by atoms with Gasteiger partial charge in [0.05, 0.1) is 10.5 Å². The van der Waals surface area contributed by atoms with Gasteiger partial charge >= 0.3 is 0 Å². The minimum absolute atomic E-state index is 0.736. The summed E-state index contributed by atoms with van der Waals surface area (Å²) in [5, 5.41) is 5.50. The Morgan fingerprint density at radius 2 is 2.05 bits per heavy atom. The molecule has 0 spiro atoms. The van der Waals surface area contributed by atoms with E-state index in [0.29, 0.717) is 0 Å². The molecule has 2 aromatic rings. The number of aromatic nitrogens is 1. The molecule has 0 aliphatic heterocycles. The molecule has 1 aromatic carbocycles. The second kappa shape index (κ2) is 6.53. The summed E-state index contributed by atoms with van der Waals surface area (Å²) in [6.45, 7) is 3.17. The molecule has 1 N–H and O–H groups in total. The number of halogens is 2. The van der Waals surface area contributed by atoms with E-state index in [1.165, 1.54) is 36.2 Å². The van der Waals surface area contributed by atoms with Gasteiger partial charge in [0, 0.05) is 27.8 Å². The van der Waals surface area contributed by atoms with E-state index in [-0.39, 0.29) is 0 Å². The number of benzene rings is 1. The van der Waals surface area contributed by atoms with E-state index in [1.54, 1.807) is 0 Å². The van der Waals surface area contributed by atoms with Crippen LogP contribution in [0.2, 0.25) is 5.02 Å². The average molecular weight is 368 g/mol. The maximum Gasteiger partial charge on any atom is 0.0923 e. The first-order valence-corrected chi connectivity index (χ1v) is 8.92. The lowest BCUT2D eigenvalue weighted by Crippen LogP contribution is -2.08. The first-order valence-electron chi connectivity index (χ1n) is 7.75. The molecule has 0 fully saturated rings. The zero-order valence-electron chi connectivity index (χ0n) is 12.3. The van der Waals surface area contributed by atoms with Crippen molar-refractivity contribution >= 4 is 44.1 Å². The van der Waals surface area contributed by atoms with E-state index in [2.05, 4.69) is 28.2 Å². The Bertz CT molecular complexity index is 670. The Balaban J connectivity index is 2.29. The first kappa shape index (κ1) is 15.1. The Hall–Kier alpha value is -0.800. The van der Waals surface area contributed by atoms with E-state index < -0.39 is 0 Å². The van der Waals surface area contributed by atoms with Crippen LogP contribution in [-0.2, 0) is 12.8 Å². The normalized spacial score (nSPS) is 14.8. The maximum absolute atomic E-state index is 6.41. The summed E-state index contributed by atoms with van der Waals surface area (Å²) in [5.41, 5.74) is 4.80. The molecule has 0 bridgehead atoms. The number of fused-ring (bicyclic) bond motifs is 2. The van der Waals surface area contributed by atoms with Crippen molar-refractivity contribution in [3.8, 4) is 0 Å². The van der Waals surface area contributed by atoms with Crippen molar-refractivity contribution in [2.75, 3.05) is 11.9 Å². The molecule has 1 aliphatic carbocycles. The fourth-order valence-corrected chi connectivity index (χ4v) is 3.80. The van der Waals surface area contributed by atoms with Gasteiger partial charge < -0.3 is 5.32 Å². The molecule has 1 heterocycles. The molecule has 112 valence electrons. The summed E-state index contributed by atoms with van der Waals surface area (Å²) in [6, 6.07) is 3.94. The van der Waals surface area contributed by atoms with Crippen LogP contribution in [0.25, 0.3) is 10.9 Å². The third-order valence-electron chi connectivity index (χ3n) is 4.12. The predicted octanol–water partition coefficient (Wildman–Crippen LogP) is 5.74. The molecule has 0 saturated heterocycles. The Labute approximate surface area is 139 Å². The van der Waals surface area contributed by atoms with Gasteiger partial charge in [0.15, 0.2) is 0 Å². The predicted molar refractivity (Wildman–Crippen MR) is 94.5 cm³/mol. The highest BCUT2D eigenvalue weighted by atomic mass is 79.9. The molecule has 1 aromatic heterocycles. The van der Waals surface area contributed by atoms with Gasteiger partial charge in [-0.1, -0.05) is 40.9 Å². The minimum Gasteiger partial charge on any atom is -0.384 e. The summed E-state index contributed by atoms with van der Waals surface area (Å²) < 4.78 is 1.07. The van der Waals surface area contributed by atoms with E-state index in [1.807, 2.05) is 12.1 Å². The van der Waals surface area contributed by atoms with Gasteiger partial charge in [-0.05, 0) is 49.8 Å². The quantitative estimate of drug-likeness (QED) is 0.699. The molecule has 2 nitrogen and oxygen atoms in total. The summed E-state index contributed by atoms with van der Waals surface area (Å²) in [6.07, 6.45) is 7.05. The topological polar surface area (TPSA) is 24.9 Å². The highest BCUT2D eigenvalue weighted by Gasteiger charge is 2.19. The SMILES string of the molecule is CCCNc1c2c(nc3c(Cl)ccc(Br)c13)CCCCC2. The average Bonchev–Trinajstić information content (AvgIpc) is 2.73. The number of nitrogens with zero attached hydrogens (tertiary/aromatic N) is 1. The van der Waals surface area contributed by atoms with Gasteiger partial charge in [0.2, 0.25) is 0 Å². The second-order valence-corrected chi connectivity index (χ2v) is 6.91. The zero-order valence-corrected chi connectivity index (χ0v) is 14.6. The first-order chi connectivity index (χ1) is 10.2. The molecule has 21 heavy (non-hydrogen) atoms. The minimum atomic E-state index is 0.736. The number of nitrogens with one attached hydrogen (secondary N) is 1. The second-order valence-electron chi connectivity index (χ2n) is 5.65. The lowest BCUT2D eigenvalue weighted by Gasteiger charge is -2.18. The Morgan fingerprint density at radius 3 is 2.86 bits per heavy atom. The largest absolute Gasteiger partial charge is 0.384 e. The zero-order chi connectivity index (χ0) is 14.8. The molecule has 0 radical (unpaired) electrons. The van der Waals surface area contributed by atoms with E-state index in [9.17, 15) is 0 Å². The van der Waals surface area contributed by atoms with Gasteiger partial charge in [-0.2, -0.15) is 0 Å². The fourth-order valence-electron chi connectivity index (χ4n) is 3.08. The number of hydrogen-bond acceptors (Lipinski definition) is 2. The smallest absolute Gasteiger partial charge is 0.0923 e. The molecule has 0 unspecified atom stereocenters. The third-order valence-corrected chi connectivity index (χ3v) is 5.08. The number of aryl methyl sites for hydroxylation is 1. The van der Waals surface area contributed by atoms with Crippen LogP contribution >= 0.6 is 27.5 Å². The van der Waals surface area contributed by atoms with Gasteiger partial charge in [-0.25, -0.2) is 0 Å². The van der Waals surface area contributed by atoms with Crippen molar-refractivity contribution in [1.29, 1.82) is 0 Å². The van der Waals surface area contributed by atoms with Gasteiger partial charge in [0.1, 0.15) is 0 Å². The maximum atomic E-state index is 6.41. The molecule has 0 saturated carbocycles. The summed E-state index contributed by atoms with van der Waals surface area (Å²) in [4.78, 5) is 4.90. The third kappa shape index (κ3) is 2.91. The molecule has 3 rings (SSSR count). The summed E-state index contributed by atoms with van der Waals surface area (Å²) in [5.74, 6) is 0. The highest BCUT2D eigenvalue weighted by molar-refractivity contribution is 9.10. The standard InChI is InChI=1S/C17H20BrClN2/c1-2-10-20-16-11-6-4-3-5-7-14(11)21-17-13(19)9-8-12(18)15(16)17/h8-9H,2-7,10H2,1H3,(H,20,21). The van der Waals surface area contributed by atoms with Crippen molar-refractivity contribution in [3.63, 3.8) is 0 Å². The number of anilines is 1. The summed E-state index contributed by atoms with van der Waals surface area (Å²) >= 11 is 10.1. The Kier molecular flexibility index (Phi) is 4.70. The number of pyridine rings is 1. The van der Waals surface area contributed by atoms with Crippen LogP contribution in [0.3, 0.4) is 0 Å². The van der Waals surface area contributed by atoms with Crippen molar-refractivity contribution in [2.24, 2.45) is 0 Å². The molecular formula is C17H20BrClN2. The van der Waals surface area contributed by atoms with Crippen LogP contribution in [0.1, 0.15) is 43.9 Å². The van der Waals surface area contributed by atoms with Crippen LogP contribution in [-0.4, -0.2) is 11.5 Å². The van der Waals surface area contributed by atoms with Gasteiger partial charge in [0.25, 0.3) is 0 Å². The van der Waals surface area contributed by atoms with Crippen LogP contribution in [0.15, 0.2) is 16.6 Å². The van der Waals surface area contributed by atoms with Crippen LogP contribution in [0.4, 0.5) is 5.69 Å². The van der Waals surface area contributed by atoms with Crippen LogP contribution in [0.5, 0.6) is 0 Å². The Morgan fingerprint density at radius 1 is 1.24 bits per heavy atom. The van der Waals surface area contributed by atoms with Crippen molar-refractivity contribution in [1.82, 2.24) is 4.98 Å². The fraction of sp³-hybridized carbons (Fsp3) is 0.471. The number of hydrogen-bond donors (Lipinski definition) is 1. The van der Waals surface area contributed by atoms with Crippen molar-refractivity contribution < 1.29 is 0 Å². The van der Waals surface area contributed by atoms with Gasteiger partial charge in [-0.15, -0.1) is 0 Å². The van der Waals surface area contributed by atoms with E-state index in [4.69, 9.17) is 16.6 Å². The van der Waals surface area contributed by atoms with Crippen molar-refractivity contribution in [3.05, 3.63) is 32.9 Å². The van der Waals surface area contributed by atoms with E-state index in [0.717, 1.165) is 46.2 Å². The lowest BCUT2D eigenvalue weighted by molar-refractivity contribution is 0.709. The molecule has 0 atom stereocenters. The monoisotopic (exact) mass is 366 g/mol. The number of rotatable bonds is 3. The highest BCUT2D eigenvalue weighted by Crippen LogP contribution is 2.39. The molecule has 4 heteroatoms. The summed E-state index contributed by atoms with van der Waals surface area (Å²) in [7, 11) is 0. The van der Waals surface area contributed by atoms with Crippen LogP contribution in [0, 0.1) is 0 Å². The lowest BCUT2D eigenvalue weighted by atomic mass is 10.0. The molecule has 1 aliphatic rings. The van der Waals surface area contributed by atoms with Crippen molar-refractivity contribution in [2.45, 2.75) is 45.4 Å².